The number of anilines is 2. The van der Waals surface area contributed by atoms with Crippen molar-refractivity contribution in [2.24, 2.45) is 5.84 Å². The zero-order chi connectivity index (χ0) is 13.5. The summed E-state index contributed by atoms with van der Waals surface area (Å²) in [7, 11) is 0. The van der Waals surface area contributed by atoms with Crippen LogP contribution < -0.4 is 16.6 Å². The molecule has 0 atom stereocenters. The van der Waals surface area contributed by atoms with Gasteiger partial charge in [-0.2, -0.15) is 0 Å². The predicted octanol–water partition coefficient (Wildman–Crippen LogP) is 0.744. The molecule has 1 heterocycles. The van der Waals surface area contributed by atoms with E-state index in [1.54, 1.807) is 13.8 Å². The first-order valence-electron chi connectivity index (χ1n) is 5.79. The highest BCUT2D eigenvalue weighted by Crippen LogP contribution is 2.18. The number of esters is 1. The highest BCUT2D eigenvalue weighted by molar-refractivity contribution is 5.70. The van der Waals surface area contributed by atoms with E-state index in [1.807, 2.05) is 6.92 Å². The molecule has 0 bridgehead atoms. The average molecular weight is 253 g/mol. The lowest BCUT2D eigenvalue weighted by Crippen LogP contribution is -2.16. The van der Waals surface area contributed by atoms with Gasteiger partial charge in [0.25, 0.3) is 0 Å². The van der Waals surface area contributed by atoms with E-state index in [9.17, 15) is 4.79 Å². The molecule has 7 nitrogen and oxygen atoms in total. The lowest BCUT2D eigenvalue weighted by molar-refractivity contribution is -0.142. The van der Waals surface area contributed by atoms with E-state index in [0.29, 0.717) is 37.0 Å². The first-order chi connectivity index (χ1) is 8.58. The highest BCUT2D eigenvalue weighted by Gasteiger charge is 2.08. The van der Waals surface area contributed by atoms with Crippen molar-refractivity contribution in [1.82, 2.24) is 9.97 Å². The summed E-state index contributed by atoms with van der Waals surface area (Å²) in [5, 5.41) is 3.07. The average Bonchev–Trinajstić information content (AvgIpc) is 2.33. The summed E-state index contributed by atoms with van der Waals surface area (Å²) in [6, 6.07) is 0. The van der Waals surface area contributed by atoms with Crippen molar-refractivity contribution < 1.29 is 9.53 Å². The van der Waals surface area contributed by atoms with Gasteiger partial charge in [-0.25, -0.2) is 15.8 Å². The van der Waals surface area contributed by atoms with Crippen molar-refractivity contribution in [3.05, 3.63) is 11.4 Å². The quantitative estimate of drug-likeness (QED) is 0.390. The van der Waals surface area contributed by atoms with Gasteiger partial charge >= 0.3 is 5.97 Å². The van der Waals surface area contributed by atoms with Crippen molar-refractivity contribution in [1.29, 1.82) is 0 Å². The van der Waals surface area contributed by atoms with Crippen LogP contribution in [0.2, 0.25) is 0 Å². The van der Waals surface area contributed by atoms with Crippen LogP contribution in [0.5, 0.6) is 0 Å². The number of aromatic nitrogens is 2. The fourth-order valence-corrected chi connectivity index (χ4v) is 1.46. The maximum atomic E-state index is 11.2. The number of ether oxygens (including phenoxy) is 1. The maximum absolute atomic E-state index is 11.2. The van der Waals surface area contributed by atoms with Crippen LogP contribution in [0.4, 0.5) is 11.6 Å². The zero-order valence-electron chi connectivity index (χ0n) is 10.9. The SMILES string of the molecule is CCOC(=O)CCNc1nc(C)nc(NN)c1C. The van der Waals surface area contributed by atoms with Gasteiger partial charge in [-0.05, 0) is 20.8 Å². The summed E-state index contributed by atoms with van der Waals surface area (Å²) in [6.07, 6.45) is 0.293. The Morgan fingerprint density at radius 2 is 2.00 bits per heavy atom. The number of carbonyl (C=O) groups excluding carboxylic acids is 1. The second kappa shape index (κ2) is 6.75. The van der Waals surface area contributed by atoms with E-state index in [0.717, 1.165) is 5.56 Å². The van der Waals surface area contributed by atoms with Crippen LogP contribution in [0, 0.1) is 13.8 Å². The van der Waals surface area contributed by atoms with Crippen molar-refractivity contribution in [2.45, 2.75) is 27.2 Å². The molecular formula is C11H19N5O2. The molecular weight excluding hydrogens is 234 g/mol. The van der Waals surface area contributed by atoms with Gasteiger partial charge in [0.15, 0.2) is 0 Å². The molecule has 0 amide bonds. The largest absolute Gasteiger partial charge is 0.466 e. The zero-order valence-corrected chi connectivity index (χ0v) is 10.9. The summed E-state index contributed by atoms with van der Waals surface area (Å²) in [5.41, 5.74) is 3.33. The van der Waals surface area contributed by atoms with Crippen molar-refractivity contribution in [3.8, 4) is 0 Å². The number of nitrogens with two attached hydrogens (primary N) is 1. The molecule has 0 spiro atoms. The number of hydrogen-bond acceptors (Lipinski definition) is 7. The van der Waals surface area contributed by atoms with E-state index >= 15 is 0 Å². The maximum Gasteiger partial charge on any atom is 0.307 e. The van der Waals surface area contributed by atoms with Crippen LogP contribution >= 0.6 is 0 Å². The lowest BCUT2D eigenvalue weighted by atomic mass is 10.3. The molecule has 0 unspecified atom stereocenters. The standard InChI is InChI=1S/C11H19N5O2/c1-4-18-9(17)5-6-13-10-7(2)11(16-12)15-8(3)14-10/h4-6,12H2,1-3H3,(H2,13,14,15,16). The van der Waals surface area contributed by atoms with Crippen molar-refractivity contribution in [2.75, 3.05) is 23.9 Å². The number of nitrogens with one attached hydrogen (secondary N) is 2. The van der Waals surface area contributed by atoms with Crippen LogP contribution in [-0.2, 0) is 9.53 Å². The molecule has 1 aromatic heterocycles. The van der Waals surface area contributed by atoms with Crippen molar-refractivity contribution in [3.63, 3.8) is 0 Å². The predicted molar refractivity (Wildman–Crippen MR) is 69.1 cm³/mol. The molecule has 0 saturated carbocycles. The Labute approximate surface area is 106 Å². The molecule has 0 aliphatic heterocycles. The van der Waals surface area contributed by atoms with Crippen LogP contribution in [0.15, 0.2) is 0 Å². The molecule has 4 N–H and O–H groups in total. The first-order valence-corrected chi connectivity index (χ1v) is 5.79. The Kier molecular flexibility index (Phi) is 5.31. The Morgan fingerprint density at radius 3 is 2.61 bits per heavy atom. The van der Waals surface area contributed by atoms with Gasteiger partial charge in [0.1, 0.15) is 17.5 Å². The van der Waals surface area contributed by atoms with Gasteiger partial charge in [0.2, 0.25) is 0 Å². The minimum Gasteiger partial charge on any atom is -0.466 e. The Morgan fingerprint density at radius 1 is 1.33 bits per heavy atom. The highest BCUT2D eigenvalue weighted by atomic mass is 16.5. The normalized spacial score (nSPS) is 10.0. The van der Waals surface area contributed by atoms with Crippen LogP contribution in [0.25, 0.3) is 0 Å². The summed E-state index contributed by atoms with van der Waals surface area (Å²) in [4.78, 5) is 19.6. The number of hydrogen-bond donors (Lipinski definition) is 3. The van der Waals surface area contributed by atoms with Gasteiger partial charge < -0.3 is 15.5 Å². The number of nitrogen functional groups attached to an aromatic ring is 1. The van der Waals surface area contributed by atoms with Crippen LogP contribution in [-0.4, -0.2) is 29.1 Å². The van der Waals surface area contributed by atoms with E-state index in [2.05, 4.69) is 20.7 Å². The Balaban J connectivity index is 2.62. The Bertz CT molecular complexity index is 422. The van der Waals surface area contributed by atoms with E-state index < -0.39 is 0 Å². The number of aryl methyl sites for hydroxylation is 1. The van der Waals surface area contributed by atoms with E-state index in [-0.39, 0.29) is 5.97 Å². The number of nitrogens with zero attached hydrogens (tertiary/aromatic N) is 2. The first kappa shape index (κ1) is 14.2. The van der Waals surface area contributed by atoms with Crippen molar-refractivity contribution >= 4 is 17.6 Å². The van der Waals surface area contributed by atoms with E-state index in [1.165, 1.54) is 0 Å². The molecule has 0 saturated heterocycles. The fraction of sp³-hybridized carbons (Fsp3) is 0.545. The second-order valence-electron chi connectivity index (χ2n) is 3.72. The molecule has 0 fully saturated rings. The topological polar surface area (TPSA) is 102 Å². The third-order valence-corrected chi connectivity index (χ3v) is 2.32. The number of carbonyl (C=O) groups is 1. The summed E-state index contributed by atoms with van der Waals surface area (Å²) in [5.74, 6) is 6.97. The minimum atomic E-state index is -0.231. The third-order valence-electron chi connectivity index (χ3n) is 2.32. The van der Waals surface area contributed by atoms with Crippen LogP contribution in [0.3, 0.4) is 0 Å². The minimum absolute atomic E-state index is 0.231. The fourth-order valence-electron chi connectivity index (χ4n) is 1.46. The summed E-state index contributed by atoms with van der Waals surface area (Å²) >= 11 is 0. The molecule has 0 aliphatic rings. The molecule has 100 valence electrons. The van der Waals surface area contributed by atoms with Crippen LogP contribution in [0.1, 0.15) is 24.7 Å². The van der Waals surface area contributed by atoms with Gasteiger partial charge in [-0.1, -0.05) is 0 Å². The second-order valence-corrected chi connectivity index (χ2v) is 3.72. The van der Waals surface area contributed by atoms with Gasteiger partial charge in [0.05, 0.1) is 13.0 Å². The monoisotopic (exact) mass is 253 g/mol. The molecule has 18 heavy (non-hydrogen) atoms. The smallest absolute Gasteiger partial charge is 0.307 e. The molecule has 0 aliphatic carbocycles. The molecule has 0 radical (unpaired) electrons. The number of hydrazine groups is 1. The summed E-state index contributed by atoms with van der Waals surface area (Å²) in [6.45, 7) is 6.26. The number of rotatable bonds is 6. The van der Waals surface area contributed by atoms with Gasteiger partial charge in [0, 0.05) is 12.1 Å². The lowest BCUT2D eigenvalue weighted by Gasteiger charge is -2.12. The molecule has 1 aromatic rings. The molecule has 1 rings (SSSR count). The van der Waals surface area contributed by atoms with E-state index in [4.69, 9.17) is 10.6 Å². The third kappa shape index (κ3) is 3.85. The molecule has 7 heteroatoms. The Hall–Kier alpha value is -1.89. The summed E-state index contributed by atoms with van der Waals surface area (Å²) < 4.78 is 4.83. The van der Waals surface area contributed by atoms with Gasteiger partial charge in [-0.15, -0.1) is 0 Å². The molecule has 0 aromatic carbocycles. The van der Waals surface area contributed by atoms with Gasteiger partial charge in [-0.3, -0.25) is 4.79 Å².